The highest BCUT2D eigenvalue weighted by Gasteiger charge is 2.41. The van der Waals surface area contributed by atoms with E-state index in [1.54, 1.807) is 0 Å². The molecule has 0 bridgehead atoms. The number of nitrogens with zero attached hydrogens (tertiary/aromatic N) is 3. The lowest BCUT2D eigenvalue weighted by Crippen LogP contribution is -2.52. The van der Waals surface area contributed by atoms with Crippen molar-refractivity contribution < 1.29 is 4.79 Å². The van der Waals surface area contributed by atoms with Crippen molar-refractivity contribution in [3.05, 3.63) is 18.0 Å². The van der Waals surface area contributed by atoms with Crippen molar-refractivity contribution in [2.24, 2.45) is 5.92 Å². The van der Waals surface area contributed by atoms with Crippen molar-refractivity contribution in [2.45, 2.75) is 57.0 Å². The number of hydrogen-bond donors (Lipinski definition) is 3. The molecule has 1 aliphatic carbocycles. The molecular formula is C20H28N6O. The molecule has 0 unspecified atom stereocenters. The van der Waals surface area contributed by atoms with Crippen molar-refractivity contribution in [1.82, 2.24) is 25.2 Å². The van der Waals surface area contributed by atoms with E-state index in [1.165, 1.54) is 19.3 Å². The Hall–Kier alpha value is -2.15. The zero-order valence-corrected chi connectivity index (χ0v) is 15.9. The van der Waals surface area contributed by atoms with Gasteiger partial charge in [-0.05, 0) is 37.8 Å². The molecule has 0 radical (unpaired) electrons. The molecule has 7 nitrogen and oxygen atoms in total. The minimum Gasteiger partial charge on any atom is -0.350 e. The van der Waals surface area contributed by atoms with Crippen LogP contribution in [-0.2, 0) is 5.54 Å². The molecule has 1 saturated carbocycles. The summed E-state index contributed by atoms with van der Waals surface area (Å²) >= 11 is 0. The number of aromatic nitrogens is 3. The van der Waals surface area contributed by atoms with E-state index >= 15 is 0 Å². The van der Waals surface area contributed by atoms with Crippen molar-refractivity contribution >= 4 is 22.9 Å². The maximum absolute atomic E-state index is 12.5. The van der Waals surface area contributed by atoms with Crippen molar-refractivity contribution in [3.63, 3.8) is 0 Å². The molecule has 1 saturated heterocycles. The highest BCUT2D eigenvalue weighted by molar-refractivity contribution is 5.99. The zero-order chi connectivity index (χ0) is 18.4. The molecule has 7 heteroatoms. The summed E-state index contributed by atoms with van der Waals surface area (Å²) in [4.78, 5) is 22.0. The molecule has 1 spiro atoms. The van der Waals surface area contributed by atoms with Gasteiger partial charge in [-0.1, -0.05) is 26.2 Å². The summed E-state index contributed by atoms with van der Waals surface area (Å²) in [5.74, 6) is 1.26. The van der Waals surface area contributed by atoms with E-state index in [9.17, 15) is 4.79 Å². The molecule has 5 rings (SSSR count). The number of hydrogen-bond acceptors (Lipinski definition) is 5. The molecule has 2 aromatic heterocycles. The van der Waals surface area contributed by atoms with Gasteiger partial charge in [0, 0.05) is 30.7 Å². The SMILES string of the molecule is C[C@@H]1CCNC[C@H]1Nc1ncc2cc3n(c2n1)C1(CCCCC1)CNC3=O. The van der Waals surface area contributed by atoms with Crippen LogP contribution in [0.25, 0.3) is 11.0 Å². The molecule has 2 atom stereocenters. The summed E-state index contributed by atoms with van der Waals surface area (Å²) in [5.41, 5.74) is 1.60. The monoisotopic (exact) mass is 368 g/mol. The second-order valence-electron chi connectivity index (χ2n) is 8.53. The minimum atomic E-state index is -0.0332. The lowest BCUT2D eigenvalue weighted by Gasteiger charge is -2.43. The predicted molar refractivity (Wildman–Crippen MR) is 105 cm³/mol. The molecule has 2 aromatic rings. The van der Waals surface area contributed by atoms with E-state index in [2.05, 4.69) is 32.4 Å². The average Bonchev–Trinajstić information content (AvgIpc) is 3.08. The van der Waals surface area contributed by atoms with Crippen molar-refractivity contribution in [1.29, 1.82) is 0 Å². The molecule has 2 fully saturated rings. The first kappa shape index (κ1) is 17.0. The van der Waals surface area contributed by atoms with E-state index in [0.717, 1.165) is 49.1 Å². The van der Waals surface area contributed by atoms with E-state index in [-0.39, 0.29) is 11.4 Å². The number of carbonyl (C=O) groups is 1. The van der Waals surface area contributed by atoms with Gasteiger partial charge in [-0.15, -0.1) is 0 Å². The first-order valence-electron chi connectivity index (χ1n) is 10.3. The number of fused-ring (bicyclic) bond motifs is 4. The van der Waals surface area contributed by atoms with E-state index < -0.39 is 0 Å². The van der Waals surface area contributed by atoms with Crippen LogP contribution < -0.4 is 16.0 Å². The Morgan fingerprint density at radius 3 is 2.96 bits per heavy atom. The Morgan fingerprint density at radius 2 is 2.15 bits per heavy atom. The number of nitrogens with one attached hydrogen (secondary N) is 3. The number of piperidine rings is 1. The quantitative estimate of drug-likeness (QED) is 0.757. The van der Waals surface area contributed by atoms with Gasteiger partial charge in [0.2, 0.25) is 5.95 Å². The Kier molecular flexibility index (Phi) is 4.07. The largest absolute Gasteiger partial charge is 0.350 e. The standard InChI is InChI=1S/C20H28N6O/c1-13-5-8-21-11-15(13)24-19-22-10-14-9-16-18(27)23-12-20(6-3-2-4-7-20)26(16)17(14)25-19/h9-10,13,15,21H,2-8,11-12H2,1H3,(H,23,27)(H,22,24,25)/t13-,15-/m1/s1. The van der Waals surface area contributed by atoms with Crippen molar-refractivity contribution in [2.75, 3.05) is 25.0 Å². The molecule has 1 amide bonds. The topological polar surface area (TPSA) is 83.9 Å². The summed E-state index contributed by atoms with van der Waals surface area (Å²) < 4.78 is 2.23. The van der Waals surface area contributed by atoms with E-state index in [1.807, 2.05) is 12.3 Å². The fourth-order valence-corrected chi connectivity index (χ4v) is 5.08. The van der Waals surface area contributed by atoms with Crippen molar-refractivity contribution in [3.8, 4) is 0 Å². The Balaban J connectivity index is 1.56. The molecule has 4 heterocycles. The average molecular weight is 368 g/mol. The Labute approximate surface area is 159 Å². The van der Waals surface area contributed by atoms with Gasteiger partial charge in [0.1, 0.15) is 11.3 Å². The molecule has 0 aromatic carbocycles. The summed E-state index contributed by atoms with van der Waals surface area (Å²) in [6.45, 7) is 4.99. The van der Waals surface area contributed by atoms with Gasteiger partial charge in [-0.3, -0.25) is 4.79 Å². The molecule has 3 aliphatic rings. The first-order valence-corrected chi connectivity index (χ1v) is 10.3. The summed E-state index contributed by atoms with van der Waals surface area (Å²) in [6.07, 6.45) is 8.90. The Bertz CT molecular complexity index is 869. The third-order valence-corrected chi connectivity index (χ3v) is 6.75. The van der Waals surface area contributed by atoms with Crippen LogP contribution in [0.1, 0.15) is 55.9 Å². The second-order valence-corrected chi connectivity index (χ2v) is 8.53. The van der Waals surface area contributed by atoms with Crippen LogP contribution in [0.15, 0.2) is 12.3 Å². The second kappa shape index (κ2) is 6.48. The van der Waals surface area contributed by atoms with Gasteiger partial charge < -0.3 is 20.5 Å². The van der Waals surface area contributed by atoms with Crippen LogP contribution in [0.4, 0.5) is 5.95 Å². The van der Waals surface area contributed by atoms with Gasteiger partial charge in [-0.25, -0.2) is 4.98 Å². The minimum absolute atomic E-state index is 0.00353. The highest BCUT2D eigenvalue weighted by atomic mass is 16.2. The molecule has 144 valence electrons. The summed E-state index contributed by atoms with van der Waals surface area (Å²) in [6, 6.07) is 2.29. The lowest BCUT2D eigenvalue weighted by atomic mass is 9.80. The Morgan fingerprint density at radius 1 is 1.30 bits per heavy atom. The van der Waals surface area contributed by atoms with E-state index in [0.29, 0.717) is 24.5 Å². The predicted octanol–water partition coefficient (Wildman–Crippen LogP) is 2.24. The summed E-state index contributed by atoms with van der Waals surface area (Å²) in [5, 5.41) is 11.0. The maximum atomic E-state index is 12.5. The van der Waals surface area contributed by atoms with Gasteiger partial charge in [0.15, 0.2) is 0 Å². The number of anilines is 1. The fraction of sp³-hybridized carbons (Fsp3) is 0.650. The molecule has 27 heavy (non-hydrogen) atoms. The number of amides is 1. The maximum Gasteiger partial charge on any atom is 0.268 e. The van der Waals surface area contributed by atoms with Gasteiger partial charge in [0.25, 0.3) is 5.91 Å². The number of rotatable bonds is 2. The third kappa shape index (κ3) is 2.79. The molecule has 2 aliphatic heterocycles. The summed E-state index contributed by atoms with van der Waals surface area (Å²) in [7, 11) is 0. The van der Waals surface area contributed by atoms with Gasteiger partial charge in [-0.2, -0.15) is 4.98 Å². The van der Waals surface area contributed by atoms with E-state index in [4.69, 9.17) is 4.98 Å². The van der Waals surface area contributed by atoms with Crippen LogP contribution in [-0.4, -0.2) is 46.1 Å². The fourth-order valence-electron chi connectivity index (χ4n) is 5.08. The smallest absolute Gasteiger partial charge is 0.268 e. The van der Waals surface area contributed by atoms with Gasteiger partial charge in [0.05, 0.1) is 5.54 Å². The first-order chi connectivity index (χ1) is 13.2. The number of carbonyl (C=O) groups excluding carboxylic acids is 1. The lowest BCUT2D eigenvalue weighted by molar-refractivity contribution is 0.0833. The van der Waals surface area contributed by atoms with Crippen LogP contribution in [0.2, 0.25) is 0 Å². The normalized spacial score (nSPS) is 27.4. The van der Waals surface area contributed by atoms with Crippen LogP contribution in [0.5, 0.6) is 0 Å². The van der Waals surface area contributed by atoms with Crippen LogP contribution >= 0.6 is 0 Å². The van der Waals surface area contributed by atoms with Crippen LogP contribution in [0.3, 0.4) is 0 Å². The van der Waals surface area contributed by atoms with Gasteiger partial charge >= 0.3 is 0 Å². The highest BCUT2D eigenvalue weighted by Crippen LogP contribution is 2.40. The zero-order valence-electron chi connectivity index (χ0n) is 15.9. The molecular weight excluding hydrogens is 340 g/mol. The third-order valence-electron chi connectivity index (χ3n) is 6.75. The van der Waals surface area contributed by atoms with Crippen LogP contribution in [0, 0.1) is 5.92 Å². The molecule has 3 N–H and O–H groups in total.